The Labute approximate surface area is 198 Å². The lowest BCUT2D eigenvalue weighted by atomic mass is 9.84. The molecule has 2 aromatic carbocycles. The monoisotopic (exact) mass is 468 g/mol. The highest BCUT2D eigenvalue weighted by molar-refractivity contribution is 7.89. The summed E-state index contributed by atoms with van der Waals surface area (Å²) < 4.78 is 28.2. The first-order chi connectivity index (χ1) is 15.9. The molecular weight excluding hydrogens is 432 g/mol. The maximum atomic E-state index is 12.7. The lowest BCUT2D eigenvalue weighted by molar-refractivity contribution is 0.0687. The van der Waals surface area contributed by atoms with E-state index >= 15 is 0 Å². The standard InChI is InChI=1S/C27H36N2O3S/c1-21-7-9-25(10-8-21)27(30)29-19-16-22(17-20-29)15-18-28-33(31,32)26-13-11-24(12-14-26)23-5-3-2-4-6-23/h7-14,22-23,28H,2-6,15-20H2,1H3. The number of hydrogen-bond acceptors (Lipinski definition) is 3. The maximum absolute atomic E-state index is 12.7. The van der Waals surface area contributed by atoms with Crippen molar-refractivity contribution in [3.05, 3.63) is 65.2 Å². The molecule has 6 heteroatoms. The van der Waals surface area contributed by atoms with Gasteiger partial charge in [0.2, 0.25) is 10.0 Å². The fraction of sp³-hybridized carbons (Fsp3) is 0.519. The molecule has 178 valence electrons. The summed E-state index contributed by atoms with van der Waals surface area (Å²) in [5.41, 5.74) is 3.15. The molecule has 1 saturated carbocycles. The lowest BCUT2D eigenvalue weighted by Gasteiger charge is -2.32. The van der Waals surface area contributed by atoms with E-state index in [0.29, 0.717) is 23.3 Å². The minimum atomic E-state index is -3.49. The summed E-state index contributed by atoms with van der Waals surface area (Å²) in [5.74, 6) is 1.10. The molecule has 0 unspecified atom stereocenters. The molecule has 2 aromatic rings. The molecule has 1 saturated heterocycles. The van der Waals surface area contributed by atoms with Crippen molar-refractivity contribution in [1.82, 2.24) is 9.62 Å². The fourth-order valence-electron chi connectivity index (χ4n) is 5.14. The Hall–Kier alpha value is -2.18. The maximum Gasteiger partial charge on any atom is 0.253 e. The number of hydrogen-bond donors (Lipinski definition) is 1. The number of benzene rings is 2. The van der Waals surface area contributed by atoms with Gasteiger partial charge in [0.1, 0.15) is 0 Å². The minimum absolute atomic E-state index is 0.0887. The van der Waals surface area contributed by atoms with Crippen LogP contribution in [0.1, 0.15) is 78.8 Å². The lowest BCUT2D eigenvalue weighted by Crippen LogP contribution is -2.39. The second-order valence-corrected chi connectivity index (χ2v) is 11.5. The van der Waals surface area contributed by atoms with Crippen molar-refractivity contribution < 1.29 is 13.2 Å². The van der Waals surface area contributed by atoms with Crippen molar-refractivity contribution >= 4 is 15.9 Å². The summed E-state index contributed by atoms with van der Waals surface area (Å²) in [6.07, 6.45) is 8.89. The van der Waals surface area contributed by atoms with Gasteiger partial charge in [-0.05, 0) is 80.7 Å². The number of sulfonamides is 1. The molecule has 2 aliphatic rings. The molecule has 0 radical (unpaired) electrons. The van der Waals surface area contributed by atoms with Gasteiger partial charge < -0.3 is 4.90 Å². The summed E-state index contributed by atoms with van der Waals surface area (Å²) >= 11 is 0. The molecular formula is C27H36N2O3S. The van der Waals surface area contributed by atoms with Crippen molar-refractivity contribution in [2.75, 3.05) is 19.6 Å². The Morgan fingerprint density at radius 1 is 0.909 bits per heavy atom. The Bertz CT molecular complexity index is 1020. The van der Waals surface area contributed by atoms with Gasteiger partial charge in [0, 0.05) is 25.2 Å². The first-order valence-electron chi connectivity index (χ1n) is 12.4. The van der Waals surface area contributed by atoms with Crippen LogP contribution in [0.25, 0.3) is 0 Å². The molecule has 5 nitrogen and oxygen atoms in total. The van der Waals surface area contributed by atoms with Gasteiger partial charge in [-0.15, -0.1) is 0 Å². The Morgan fingerprint density at radius 2 is 1.55 bits per heavy atom. The molecule has 1 N–H and O–H groups in total. The number of piperidine rings is 1. The largest absolute Gasteiger partial charge is 0.339 e. The average molecular weight is 469 g/mol. The molecule has 1 aliphatic carbocycles. The predicted octanol–water partition coefficient (Wildman–Crippen LogP) is 5.26. The predicted molar refractivity (Wildman–Crippen MR) is 132 cm³/mol. The molecule has 0 bridgehead atoms. The van der Waals surface area contributed by atoms with E-state index in [9.17, 15) is 13.2 Å². The van der Waals surface area contributed by atoms with E-state index in [1.807, 2.05) is 48.2 Å². The van der Waals surface area contributed by atoms with E-state index in [4.69, 9.17) is 0 Å². The van der Waals surface area contributed by atoms with E-state index < -0.39 is 10.0 Å². The molecule has 0 spiro atoms. The normalized spacial score (nSPS) is 18.4. The molecule has 1 aliphatic heterocycles. The van der Waals surface area contributed by atoms with Crippen LogP contribution in [0.3, 0.4) is 0 Å². The van der Waals surface area contributed by atoms with E-state index in [1.165, 1.54) is 37.7 Å². The van der Waals surface area contributed by atoms with Gasteiger partial charge in [0.25, 0.3) is 5.91 Å². The zero-order chi connectivity index (χ0) is 23.3. The van der Waals surface area contributed by atoms with Crippen molar-refractivity contribution in [1.29, 1.82) is 0 Å². The number of carbonyl (C=O) groups is 1. The summed E-state index contributed by atoms with van der Waals surface area (Å²) in [6, 6.07) is 15.2. The van der Waals surface area contributed by atoms with Crippen molar-refractivity contribution in [3.63, 3.8) is 0 Å². The molecule has 33 heavy (non-hydrogen) atoms. The van der Waals surface area contributed by atoms with Crippen molar-refractivity contribution in [2.24, 2.45) is 5.92 Å². The number of amides is 1. The fourth-order valence-corrected chi connectivity index (χ4v) is 6.19. The first kappa shape index (κ1) is 24.0. The van der Waals surface area contributed by atoms with Crippen LogP contribution in [0.15, 0.2) is 53.4 Å². The molecule has 1 amide bonds. The Morgan fingerprint density at radius 3 is 2.18 bits per heavy atom. The summed E-state index contributed by atoms with van der Waals surface area (Å²) in [5, 5.41) is 0. The zero-order valence-electron chi connectivity index (χ0n) is 19.6. The summed E-state index contributed by atoms with van der Waals surface area (Å²) in [7, 11) is -3.49. The zero-order valence-corrected chi connectivity index (χ0v) is 20.4. The topological polar surface area (TPSA) is 66.5 Å². The average Bonchev–Trinajstić information content (AvgIpc) is 2.85. The van der Waals surface area contributed by atoms with Crippen LogP contribution in [0.4, 0.5) is 0 Å². The quantitative estimate of drug-likeness (QED) is 0.602. The van der Waals surface area contributed by atoms with Gasteiger partial charge in [-0.2, -0.15) is 0 Å². The van der Waals surface area contributed by atoms with Crippen molar-refractivity contribution in [3.8, 4) is 0 Å². The summed E-state index contributed by atoms with van der Waals surface area (Å²) in [6.45, 7) is 3.91. The highest BCUT2D eigenvalue weighted by atomic mass is 32.2. The number of nitrogens with zero attached hydrogens (tertiary/aromatic N) is 1. The van der Waals surface area contributed by atoms with Crippen LogP contribution in [0, 0.1) is 12.8 Å². The molecule has 2 fully saturated rings. The number of carbonyl (C=O) groups excluding carboxylic acids is 1. The van der Waals surface area contributed by atoms with Gasteiger partial charge in [0.15, 0.2) is 0 Å². The highest BCUT2D eigenvalue weighted by Crippen LogP contribution is 2.33. The number of likely N-dealkylation sites (tertiary alicyclic amines) is 1. The molecule has 1 heterocycles. The first-order valence-corrected chi connectivity index (χ1v) is 13.9. The van der Waals surface area contributed by atoms with Crippen LogP contribution in [-0.4, -0.2) is 38.9 Å². The minimum Gasteiger partial charge on any atom is -0.339 e. The number of rotatable bonds is 7. The second-order valence-electron chi connectivity index (χ2n) is 9.69. The van der Waals surface area contributed by atoms with E-state index in [1.54, 1.807) is 12.1 Å². The van der Waals surface area contributed by atoms with Crippen LogP contribution in [0.5, 0.6) is 0 Å². The van der Waals surface area contributed by atoms with Gasteiger partial charge >= 0.3 is 0 Å². The Kier molecular flexibility index (Phi) is 7.86. The molecule has 0 atom stereocenters. The van der Waals surface area contributed by atoms with Crippen LogP contribution in [-0.2, 0) is 10.0 Å². The van der Waals surface area contributed by atoms with Crippen LogP contribution < -0.4 is 4.72 Å². The van der Waals surface area contributed by atoms with Gasteiger partial charge in [-0.25, -0.2) is 13.1 Å². The highest BCUT2D eigenvalue weighted by Gasteiger charge is 2.24. The van der Waals surface area contributed by atoms with Crippen LogP contribution >= 0.6 is 0 Å². The van der Waals surface area contributed by atoms with E-state index in [-0.39, 0.29) is 5.91 Å². The van der Waals surface area contributed by atoms with Crippen molar-refractivity contribution in [2.45, 2.75) is 69.1 Å². The smallest absolute Gasteiger partial charge is 0.253 e. The third-order valence-corrected chi connectivity index (χ3v) is 8.79. The van der Waals surface area contributed by atoms with E-state index in [0.717, 1.165) is 43.5 Å². The molecule has 0 aromatic heterocycles. The van der Waals surface area contributed by atoms with Crippen LogP contribution in [0.2, 0.25) is 0 Å². The number of nitrogens with one attached hydrogen (secondary N) is 1. The van der Waals surface area contributed by atoms with Gasteiger partial charge in [-0.3, -0.25) is 4.79 Å². The Balaban J connectivity index is 1.22. The van der Waals surface area contributed by atoms with E-state index in [2.05, 4.69) is 4.72 Å². The molecule has 4 rings (SSSR count). The third-order valence-electron chi connectivity index (χ3n) is 7.31. The summed E-state index contributed by atoms with van der Waals surface area (Å²) in [4.78, 5) is 14.9. The van der Waals surface area contributed by atoms with Gasteiger partial charge in [-0.1, -0.05) is 49.1 Å². The number of aryl methyl sites for hydroxylation is 1. The second kappa shape index (κ2) is 10.8. The van der Waals surface area contributed by atoms with Gasteiger partial charge in [0.05, 0.1) is 4.90 Å². The third kappa shape index (κ3) is 6.24. The SMILES string of the molecule is Cc1ccc(C(=O)N2CCC(CCNS(=O)(=O)c3ccc(C4CCCCC4)cc3)CC2)cc1.